The lowest BCUT2D eigenvalue weighted by atomic mass is 9.92. The van der Waals surface area contributed by atoms with Crippen molar-refractivity contribution in [3.63, 3.8) is 0 Å². The van der Waals surface area contributed by atoms with Gasteiger partial charge in [0.1, 0.15) is 0 Å². The number of aryl methyl sites for hydroxylation is 2. The van der Waals surface area contributed by atoms with Gasteiger partial charge in [-0.2, -0.15) is 5.10 Å². The van der Waals surface area contributed by atoms with E-state index in [1.165, 1.54) is 0 Å². The topological polar surface area (TPSA) is 64.1 Å². The highest BCUT2D eigenvalue weighted by molar-refractivity contribution is 9.10. The smallest absolute Gasteiger partial charge is 0.0824 e. The number of aliphatic hydroxyl groups is 1. The predicted molar refractivity (Wildman–Crippen MR) is 68.3 cm³/mol. The first kappa shape index (κ1) is 13.7. The summed E-state index contributed by atoms with van der Waals surface area (Å²) in [5.41, 5.74) is 6.77. The minimum absolute atomic E-state index is 0.275. The number of aromatic nitrogens is 2. The van der Waals surface area contributed by atoms with Crippen LogP contribution in [0.5, 0.6) is 0 Å². The summed E-state index contributed by atoms with van der Waals surface area (Å²) in [6, 6.07) is 0. The average molecular weight is 290 g/mol. The Bertz CT molecular complexity index is 364. The Labute approximate surface area is 105 Å². The van der Waals surface area contributed by atoms with Gasteiger partial charge in [-0.1, -0.05) is 13.3 Å². The first-order chi connectivity index (χ1) is 7.43. The predicted octanol–water partition coefficient (Wildman–Crippen LogP) is 1.52. The SMILES string of the molecule is CCCC(O)(CN)Cc1c(Br)c(C)nn1C. The summed E-state index contributed by atoms with van der Waals surface area (Å²) in [7, 11) is 1.88. The molecule has 1 aromatic rings. The molecule has 0 bridgehead atoms. The van der Waals surface area contributed by atoms with E-state index in [0.717, 1.165) is 22.3 Å². The van der Waals surface area contributed by atoms with Gasteiger partial charge in [0.25, 0.3) is 0 Å². The zero-order chi connectivity index (χ0) is 12.3. The summed E-state index contributed by atoms with van der Waals surface area (Å²) in [5.74, 6) is 0. The minimum atomic E-state index is -0.822. The van der Waals surface area contributed by atoms with E-state index in [1.807, 2.05) is 20.9 Å². The van der Waals surface area contributed by atoms with Crippen LogP contribution < -0.4 is 5.73 Å². The molecule has 16 heavy (non-hydrogen) atoms. The molecule has 0 amide bonds. The molecule has 0 spiro atoms. The molecule has 0 saturated heterocycles. The summed E-state index contributed by atoms with van der Waals surface area (Å²) in [5, 5.41) is 14.7. The fourth-order valence-corrected chi connectivity index (χ4v) is 2.39. The van der Waals surface area contributed by atoms with Gasteiger partial charge < -0.3 is 10.8 Å². The Morgan fingerprint density at radius 1 is 1.56 bits per heavy atom. The van der Waals surface area contributed by atoms with Crippen molar-refractivity contribution in [2.75, 3.05) is 6.54 Å². The Morgan fingerprint density at radius 3 is 2.56 bits per heavy atom. The fourth-order valence-electron chi connectivity index (χ4n) is 1.91. The van der Waals surface area contributed by atoms with E-state index in [9.17, 15) is 5.11 Å². The summed E-state index contributed by atoms with van der Waals surface area (Å²) >= 11 is 3.50. The van der Waals surface area contributed by atoms with Gasteiger partial charge in [-0.15, -0.1) is 0 Å². The van der Waals surface area contributed by atoms with Crippen molar-refractivity contribution in [3.05, 3.63) is 15.9 Å². The van der Waals surface area contributed by atoms with Crippen LogP contribution in [-0.2, 0) is 13.5 Å². The van der Waals surface area contributed by atoms with Crippen LogP contribution in [-0.4, -0.2) is 27.0 Å². The summed E-state index contributed by atoms with van der Waals surface area (Å²) in [6.45, 7) is 4.26. The van der Waals surface area contributed by atoms with Crippen LogP contribution >= 0.6 is 15.9 Å². The van der Waals surface area contributed by atoms with Crippen LogP contribution in [0.2, 0.25) is 0 Å². The van der Waals surface area contributed by atoms with Crippen molar-refractivity contribution < 1.29 is 5.11 Å². The maximum Gasteiger partial charge on any atom is 0.0824 e. The third-order valence-electron chi connectivity index (χ3n) is 2.85. The van der Waals surface area contributed by atoms with E-state index >= 15 is 0 Å². The van der Waals surface area contributed by atoms with E-state index in [1.54, 1.807) is 4.68 Å². The molecule has 4 nitrogen and oxygen atoms in total. The van der Waals surface area contributed by atoms with Crippen molar-refractivity contribution in [1.29, 1.82) is 0 Å². The molecule has 0 radical (unpaired) electrons. The molecule has 5 heteroatoms. The Kier molecular flexibility index (Phi) is 4.52. The second-order valence-electron chi connectivity index (χ2n) is 4.32. The molecule has 0 fully saturated rings. The zero-order valence-electron chi connectivity index (χ0n) is 10.1. The largest absolute Gasteiger partial charge is 0.388 e. The molecule has 0 saturated carbocycles. The van der Waals surface area contributed by atoms with Gasteiger partial charge in [-0.05, 0) is 29.3 Å². The third kappa shape index (κ3) is 2.84. The van der Waals surface area contributed by atoms with Crippen molar-refractivity contribution in [2.24, 2.45) is 12.8 Å². The highest BCUT2D eigenvalue weighted by atomic mass is 79.9. The fraction of sp³-hybridized carbons (Fsp3) is 0.727. The molecular formula is C11H20BrN3O. The molecule has 0 aliphatic carbocycles. The first-order valence-electron chi connectivity index (χ1n) is 5.54. The normalized spacial score (nSPS) is 15.1. The lowest BCUT2D eigenvalue weighted by Crippen LogP contribution is -2.40. The number of halogens is 1. The molecule has 1 heterocycles. The van der Waals surface area contributed by atoms with Gasteiger partial charge in [0.05, 0.1) is 21.5 Å². The lowest BCUT2D eigenvalue weighted by Gasteiger charge is -2.26. The number of hydrogen-bond donors (Lipinski definition) is 2. The van der Waals surface area contributed by atoms with Crippen LogP contribution in [0.3, 0.4) is 0 Å². The maximum atomic E-state index is 10.3. The number of nitrogens with zero attached hydrogens (tertiary/aromatic N) is 2. The number of nitrogens with two attached hydrogens (primary N) is 1. The van der Waals surface area contributed by atoms with E-state index in [0.29, 0.717) is 12.8 Å². The van der Waals surface area contributed by atoms with Crippen molar-refractivity contribution in [2.45, 2.75) is 38.7 Å². The van der Waals surface area contributed by atoms with Crippen LogP contribution in [0, 0.1) is 6.92 Å². The van der Waals surface area contributed by atoms with E-state index in [-0.39, 0.29) is 6.54 Å². The third-order valence-corrected chi connectivity index (χ3v) is 3.88. The van der Waals surface area contributed by atoms with E-state index < -0.39 is 5.60 Å². The summed E-state index contributed by atoms with van der Waals surface area (Å²) in [6.07, 6.45) is 2.16. The van der Waals surface area contributed by atoms with Crippen LogP contribution in [0.25, 0.3) is 0 Å². The first-order valence-corrected chi connectivity index (χ1v) is 6.33. The van der Waals surface area contributed by atoms with Gasteiger partial charge >= 0.3 is 0 Å². The molecule has 92 valence electrons. The summed E-state index contributed by atoms with van der Waals surface area (Å²) in [4.78, 5) is 0. The molecule has 0 aliphatic heterocycles. The van der Waals surface area contributed by atoms with Gasteiger partial charge in [0, 0.05) is 20.0 Å². The highest BCUT2D eigenvalue weighted by Crippen LogP contribution is 2.26. The van der Waals surface area contributed by atoms with Gasteiger partial charge in [0.15, 0.2) is 0 Å². The molecule has 1 rings (SSSR count). The zero-order valence-corrected chi connectivity index (χ0v) is 11.7. The van der Waals surface area contributed by atoms with Crippen molar-refractivity contribution in [3.8, 4) is 0 Å². The van der Waals surface area contributed by atoms with Crippen LogP contribution in [0.4, 0.5) is 0 Å². The Hall–Kier alpha value is -0.390. The Balaban J connectivity index is 2.93. The average Bonchev–Trinajstić information content (AvgIpc) is 2.46. The van der Waals surface area contributed by atoms with E-state index in [4.69, 9.17) is 5.73 Å². The quantitative estimate of drug-likeness (QED) is 0.864. The number of rotatable bonds is 5. The van der Waals surface area contributed by atoms with Crippen LogP contribution in [0.1, 0.15) is 31.2 Å². The van der Waals surface area contributed by atoms with Gasteiger partial charge in [-0.3, -0.25) is 4.68 Å². The second-order valence-corrected chi connectivity index (χ2v) is 5.12. The molecule has 1 atom stereocenters. The van der Waals surface area contributed by atoms with Gasteiger partial charge in [-0.25, -0.2) is 0 Å². The molecule has 1 aromatic heterocycles. The van der Waals surface area contributed by atoms with Crippen molar-refractivity contribution in [1.82, 2.24) is 9.78 Å². The second kappa shape index (κ2) is 5.29. The van der Waals surface area contributed by atoms with E-state index in [2.05, 4.69) is 21.0 Å². The van der Waals surface area contributed by atoms with Crippen molar-refractivity contribution >= 4 is 15.9 Å². The monoisotopic (exact) mass is 289 g/mol. The minimum Gasteiger partial charge on any atom is -0.388 e. The molecular weight excluding hydrogens is 270 g/mol. The van der Waals surface area contributed by atoms with Gasteiger partial charge in [0.2, 0.25) is 0 Å². The summed E-state index contributed by atoms with van der Waals surface area (Å²) < 4.78 is 2.77. The highest BCUT2D eigenvalue weighted by Gasteiger charge is 2.27. The molecule has 0 aromatic carbocycles. The lowest BCUT2D eigenvalue weighted by molar-refractivity contribution is 0.0379. The van der Waals surface area contributed by atoms with Crippen LogP contribution in [0.15, 0.2) is 4.47 Å². The molecule has 3 N–H and O–H groups in total. The number of hydrogen-bond acceptors (Lipinski definition) is 3. The maximum absolute atomic E-state index is 10.3. The standard InChI is InChI=1S/C11H20BrN3O/c1-4-5-11(16,7-13)6-9-10(12)8(2)14-15(9)3/h16H,4-7,13H2,1-3H3. The molecule has 0 aliphatic rings. The molecule has 1 unspecified atom stereocenters. The Morgan fingerprint density at radius 2 is 2.19 bits per heavy atom.